The van der Waals surface area contributed by atoms with Crippen LogP contribution in [0.3, 0.4) is 0 Å². The molecule has 0 unspecified atom stereocenters. The van der Waals surface area contributed by atoms with Gasteiger partial charge in [-0.3, -0.25) is 9.11 Å². The summed E-state index contributed by atoms with van der Waals surface area (Å²) in [6.07, 6.45) is 0. The van der Waals surface area contributed by atoms with E-state index in [-0.39, 0.29) is 45.5 Å². The molecule has 2 radical (unpaired) electrons. The van der Waals surface area contributed by atoms with Crippen LogP contribution in [0.5, 0.6) is 0 Å². The first-order valence-corrected chi connectivity index (χ1v) is 1.60. The second kappa shape index (κ2) is 5.55. The third kappa shape index (κ3) is 29.1. The first-order valence-electron chi connectivity index (χ1n) is 0.532. The second-order valence-corrected chi connectivity index (χ2v) is 0.692. The van der Waals surface area contributed by atoms with Crippen molar-refractivity contribution in [2.24, 2.45) is 0 Å². The van der Waals surface area contributed by atoms with Crippen molar-refractivity contribution in [2.75, 3.05) is 0 Å². The Morgan fingerprint density at radius 1 is 1.40 bits per heavy atom. The quantitative estimate of drug-likeness (QED) is 0.373. The standard InChI is InChI=1S/H2O3S.Sr/c1-4(2)3;/h(H2,1,2,3);. The number of rotatable bonds is 0. The molecule has 0 aromatic rings. The topological polar surface area (TPSA) is 57.5 Å². The fourth-order valence-electron chi connectivity index (χ4n) is 0. The van der Waals surface area contributed by atoms with Crippen LogP contribution in [0.1, 0.15) is 0 Å². The molecule has 2 N–H and O–H groups in total. The summed E-state index contributed by atoms with van der Waals surface area (Å²) in [5.74, 6) is 0. The summed E-state index contributed by atoms with van der Waals surface area (Å²) in [7, 11) is 0. The van der Waals surface area contributed by atoms with Crippen LogP contribution >= 0.6 is 0 Å². The summed E-state index contributed by atoms with van der Waals surface area (Å²) in [4.78, 5) is 0. The molecule has 3 nitrogen and oxygen atoms in total. The predicted octanol–water partition coefficient (Wildman–Crippen LogP) is -0.700. The first kappa shape index (κ1) is 9.75. The molecule has 0 rings (SSSR count). The maximum Gasteiger partial charge on any atom is 0.299 e. The van der Waals surface area contributed by atoms with Crippen LogP contribution in [0.25, 0.3) is 0 Å². The van der Waals surface area contributed by atoms with Crippen molar-refractivity contribution in [2.45, 2.75) is 0 Å². The normalized spacial score (nSPS) is 7.00. The van der Waals surface area contributed by atoms with Gasteiger partial charge in [-0.25, -0.2) is 0 Å². The molecule has 0 saturated heterocycles. The Kier molecular flexibility index (Phi) is 10.8. The van der Waals surface area contributed by atoms with Crippen LogP contribution < -0.4 is 0 Å². The first-order chi connectivity index (χ1) is 1.73. The van der Waals surface area contributed by atoms with Gasteiger partial charge in [0.25, 0.3) is 11.4 Å². The Labute approximate surface area is 69.1 Å². The van der Waals surface area contributed by atoms with Gasteiger partial charge >= 0.3 is 0 Å². The molecule has 0 heterocycles. The number of hydrogen-bond donors (Lipinski definition) is 2. The van der Waals surface area contributed by atoms with Gasteiger partial charge in [-0.05, 0) is 0 Å². The molecular formula is H2O3SSr. The van der Waals surface area contributed by atoms with Crippen LogP contribution in [0.2, 0.25) is 0 Å². The number of hydrogen-bond acceptors (Lipinski definition) is 1. The molecule has 5 heteroatoms. The minimum Gasteiger partial charge on any atom is -0.284 e. The molecule has 0 aliphatic carbocycles. The van der Waals surface area contributed by atoms with E-state index in [0.717, 1.165) is 0 Å². The zero-order valence-corrected chi connectivity index (χ0v) is 6.71. The predicted molar refractivity (Wildman–Crippen MR) is 19.2 cm³/mol. The van der Waals surface area contributed by atoms with Crippen LogP contribution in [0.4, 0.5) is 0 Å². The van der Waals surface area contributed by atoms with Gasteiger partial charge in [0.05, 0.1) is 0 Å². The average molecular weight is 170 g/mol. The zero-order chi connectivity index (χ0) is 3.58. The van der Waals surface area contributed by atoms with Crippen LogP contribution in [0.15, 0.2) is 0 Å². The van der Waals surface area contributed by atoms with Crippen molar-refractivity contribution in [1.29, 1.82) is 0 Å². The summed E-state index contributed by atoms with van der Waals surface area (Å²) in [5.41, 5.74) is 0. The van der Waals surface area contributed by atoms with E-state index in [9.17, 15) is 0 Å². The fraction of sp³-hybridized carbons (Fsp3) is 0. The molecule has 0 aliphatic rings. The van der Waals surface area contributed by atoms with Crippen molar-refractivity contribution >= 4 is 56.8 Å². The van der Waals surface area contributed by atoms with Crippen molar-refractivity contribution < 1.29 is 13.3 Å². The largest absolute Gasteiger partial charge is 0.299 e. The van der Waals surface area contributed by atoms with Gasteiger partial charge in [0.1, 0.15) is 0 Å². The Bertz CT molecular complexity index is 29.9. The minimum atomic E-state index is -2.61. The summed E-state index contributed by atoms with van der Waals surface area (Å²) >= 11 is -2.61. The van der Waals surface area contributed by atoms with Crippen LogP contribution in [0, 0.1) is 0 Å². The van der Waals surface area contributed by atoms with Gasteiger partial charge in [0.15, 0.2) is 0 Å². The minimum absolute atomic E-state index is 0. The van der Waals surface area contributed by atoms with E-state index in [1.54, 1.807) is 0 Å². The molecule has 5 heavy (non-hydrogen) atoms. The van der Waals surface area contributed by atoms with E-state index >= 15 is 0 Å². The molecule has 0 bridgehead atoms. The van der Waals surface area contributed by atoms with Gasteiger partial charge in [-0.15, -0.1) is 0 Å². The van der Waals surface area contributed by atoms with Crippen LogP contribution in [-0.2, 0) is 11.4 Å². The summed E-state index contributed by atoms with van der Waals surface area (Å²) in [6.45, 7) is 0. The van der Waals surface area contributed by atoms with Crippen LogP contribution in [-0.4, -0.2) is 58.8 Å². The molecule has 0 saturated carbocycles. The molecule has 0 aliphatic heterocycles. The maximum absolute atomic E-state index is 8.67. The van der Waals surface area contributed by atoms with E-state index in [2.05, 4.69) is 0 Å². The summed E-state index contributed by atoms with van der Waals surface area (Å²) in [6, 6.07) is 0. The van der Waals surface area contributed by atoms with Gasteiger partial charge in [-0.2, -0.15) is 4.21 Å². The fourth-order valence-corrected chi connectivity index (χ4v) is 0. The Balaban J connectivity index is 0. The molecule has 0 spiro atoms. The molecule has 0 aromatic carbocycles. The van der Waals surface area contributed by atoms with E-state index in [4.69, 9.17) is 13.3 Å². The monoisotopic (exact) mass is 170 g/mol. The smallest absolute Gasteiger partial charge is 0.284 e. The van der Waals surface area contributed by atoms with Gasteiger partial charge in [0.2, 0.25) is 0 Å². The molecular weight excluding hydrogens is 168 g/mol. The van der Waals surface area contributed by atoms with Gasteiger partial charge in [0, 0.05) is 45.5 Å². The van der Waals surface area contributed by atoms with E-state index in [1.165, 1.54) is 0 Å². The third-order valence-corrected chi connectivity index (χ3v) is 0. The van der Waals surface area contributed by atoms with Gasteiger partial charge < -0.3 is 0 Å². The Morgan fingerprint density at radius 3 is 1.40 bits per heavy atom. The average Bonchev–Trinajstić information content (AvgIpc) is 0.811. The third-order valence-electron chi connectivity index (χ3n) is 0. The Hall–Kier alpha value is 1.55. The second-order valence-electron chi connectivity index (χ2n) is 0.231. The van der Waals surface area contributed by atoms with Gasteiger partial charge in [-0.1, -0.05) is 0 Å². The van der Waals surface area contributed by atoms with Crippen molar-refractivity contribution in [3.63, 3.8) is 0 Å². The van der Waals surface area contributed by atoms with Crippen molar-refractivity contribution in [3.05, 3.63) is 0 Å². The van der Waals surface area contributed by atoms with Crippen molar-refractivity contribution in [1.82, 2.24) is 0 Å². The van der Waals surface area contributed by atoms with E-state index < -0.39 is 11.4 Å². The zero-order valence-electron chi connectivity index (χ0n) is 2.42. The molecule has 0 aromatic heterocycles. The summed E-state index contributed by atoms with van der Waals surface area (Å²) < 4.78 is 22.8. The van der Waals surface area contributed by atoms with Crippen molar-refractivity contribution in [3.8, 4) is 0 Å². The van der Waals surface area contributed by atoms with E-state index in [0.29, 0.717) is 0 Å². The Morgan fingerprint density at radius 2 is 1.40 bits per heavy atom. The van der Waals surface area contributed by atoms with E-state index in [1.807, 2.05) is 0 Å². The maximum atomic E-state index is 8.67. The SMILES string of the molecule is O=S(O)O.[Sr]. The molecule has 0 amide bonds. The molecule has 0 atom stereocenters. The molecule has 0 fully saturated rings. The summed E-state index contributed by atoms with van der Waals surface area (Å²) in [5, 5.41) is 0. The molecule has 28 valence electrons.